The summed E-state index contributed by atoms with van der Waals surface area (Å²) < 4.78 is 0. The Balaban J connectivity index is 1.46. The second-order valence-corrected chi connectivity index (χ2v) is 5.86. The fourth-order valence-corrected chi connectivity index (χ4v) is 2.82. The van der Waals surface area contributed by atoms with Crippen molar-refractivity contribution in [2.45, 2.75) is 12.8 Å². The molecule has 3 N–H and O–H groups in total. The normalized spacial score (nSPS) is 11.0. The Kier molecular flexibility index (Phi) is 3.78. The summed E-state index contributed by atoms with van der Waals surface area (Å²) in [6, 6.07) is 15.0. The average molecular weight is 332 g/mol. The summed E-state index contributed by atoms with van der Waals surface area (Å²) in [4.78, 5) is 34.5. The van der Waals surface area contributed by atoms with E-state index in [1.54, 1.807) is 6.07 Å². The Morgan fingerprint density at radius 3 is 2.88 bits per heavy atom. The molecule has 6 nitrogen and oxygen atoms in total. The highest BCUT2D eigenvalue weighted by Crippen LogP contribution is 2.17. The lowest BCUT2D eigenvalue weighted by molar-refractivity contribution is -0.116. The van der Waals surface area contributed by atoms with Crippen LogP contribution in [-0.4, -0.2) is 20.9 Å². The minimum atomic E-state index is -0.251. The van der Waals surface area contributed by atoms with Crippen molar-refractivity contribution in [1.29, 1.82) is 0 Å². The van der Waals surface area contributed by atoms with Crippen LogP contribution in [0.1, 0.15) is 12.1 Å². The number of aromatic amines is 2. The molecule has 0 saturated carbocycles. The van der Waals surface area contributed by atoms with Gasteiger partial charge in [0.15, 0.2) is 0 Å². The molecule has 4 rings (SSSR count). The predicted molar refractivity (Wildman–Crippen MR) is 97.6 cm³/mol. The van der Waals surface area contributed by atoms with Crippen molar-refractivity contribution in [3.63, 3.8) is 0 Å². The van der Waals surface area contributed by atoms with Crippen LogP contribution in [0.15, 0.2) is 59.5 Å². The summed E-state index contributed by atoms with van der Waals surface area (Å²) >= 11 is 0. The van der Waals surface area contributed by atoms with Gasteiger partial charge in [-0.05, 0) is 35.7 Å². The van der Waals surface area contributed by atoms with Gasteiger partial charge in [0.1, 0.15) is 5.69 Å². The van der Waals surface area contributed by atoms with Crippen LogP contribution in [0.5, 0.6) is 0 Å². The summed E-state index contributed by atoms with van der Waals surface area (Å²) in [6.07, 6.45) is 2.34. The number of fused-ring (bicyclic) bond motifs is 2. The lowest BCUT2D eigenvalue weighted by Crippen LogP contribution is -2.19. The van der Waals surface area contributed by atoms with Crippen LogP contribution in [0.25, 0.3) is 21.9 Å². The number of rotatable bonds is 4. The Labute approximate surface area is 142 Å². The van der Waals surface area contributed by atoms with E-state index in [1.165, 1.54) is 0 Å². The van der Waals surface area contributed by atoms with Gasteiger partial charge < -0.3 is 15.3 Å². The molecule has 1 amide bonds. The Morgan fingerprint density at radius 1 is 1.08 bits per heavy atom. The van der Waals surface area contributed by atoms with Crippen molar-refractivity contribution < 1.29 is 4.79 Å². The lowest BCUT2D eigenvalue weighted by Gasteiger charge is -2.06. The average Bonchev–Trinajstić information content (AvgIpc) is 3.07. The number of para-hydroxylation sites is 2. The number of hydrogen-bond donors (Lipinski definition) is 3. The van der Waals surface area contributed by atoms with Gasteiger partial charge in [-0.2, -0.15) is 0 Å². The maximum absolute atomic E-state index is 12.2. The molecular formula is C19H16N4O2. The summed E-state index contributed by atoms with van der Waals surface area (Å²) in [7, 11) is 0. The third kappa shape index (κ3) is 3.14. The first-order chi connectivity index (χ1) is 12.2. The number of anilines is 1. The molecule has 124 valence electrons. The third-order valence-corrected chi connectivity index (χ3v) is 4.10. The summed E-state index contributed by atoms with van der Waals surface area (Å²) in [6.45, 7) is 0. The molecule has 0 unspecified atom stereocenters. The van der Waals surface area contributed by atoms with Gasteiger partial charge in [-0.3, -0.25) is 9.59 Å². The van der Waals surface area contributed by atoms with Crippen molar-refractivity contribution in [2.24, 2.45) is 0 Å². The smallest absolute Gasteiger partial charge is 0.270 e. The van der Waals surface area contributed by atoms with Gasteiger partial charge in [0.2, 0.25) is 5.91 Å². The van der Waals surface area contributed by atoms with E-state index in [4.69, 9.17) is 0 Å². The third-order valence-electron chi connectivity index (χ3n) is 4.10. The molecule has 2 aromatic carbocycles. The van der Waals surface area contributed by atoms with Crippen LogP contribution >= 0.6 is 0 Å². The molecule has 0 bridgehead atoms. The highest BCUT2D eigenvalue weighted by atomic mass is 16.1. The molecule has 0 aliphatic carbocycles. The molecule has 0 fully saturated rings. The molecule has 4 aromatic rings. The maximum Gasteiger partial charge on any atom is 0.270 e. The number of carbonyl (C=O) groups is 1. The Morgan fingerprint density at radius 2 is 1.96 bits per heavy atom. The van der Waals surface area contributed by atoms with E-state index in [0.717, 1.165) is 22.1 Å². The van der Waals surface area contributed by atoms with Gasteiger partial charge >= 0.3 is 0 Å². The molecule has 0 spiro atoms. The number of benzene rings is 2. The van der Waals surface area contributed by atoms with Crippen LogP contribution in [0.2, 0.25) is 0 Å². The predicted octanol–water partition coefficient (Wildman–Crippen LogP) is 2.98. The number of aromatic nitrogens is 3. The molecule has 0 radical (unpaired) electrons. The molecule has 0 atom stereocenters. The highest BCUT2D eigenvalue weighted by molar-refractivity contribution is 5.93. The number of nitrogens with one attached hydrogen (secondary N) is 3. The summed E-state index contributed by atoms with van der Waals surface area (Å²) in [5, 5.41) is 3.94. The lowest BCUT2D eigenvalue weighted by atomic mass is 10.2. The number of nitrogens with zero attached hydrogens (tertiary/aromatic N) is 1. The number of amides is 1. The monoisotopic (exact) mass is 332 g/mol. The fraction of sp³-hybridized carbons (Fsp3) is 0.105. The van der Waals surface area contributed by atoms with E-state index >= 15 is 0 Å². The van der Waals surface area contributed by atoms with Gasteiger partial charge in [-0.15, -0.1) is 0 Å². The van der Waals surface area contributed by atoms with Crippen LogP contribution in [-0.2, 0) is 11.2 Å². The van der Waals surface area contributed by atoms with Crippen molar-refractivity contribution >= 4 is 33.5 Å². The molecular weight excluding hydrogens is 316 g/mol. The zero-order valence-corrected chi connectivity index (χ0v) is 13.4. The van der Waals surface area contributed by atoms with Crippen molar-refractivity contribution in [3.8, 4) is 0 Å². The largest absolute Gasteiger partial charge is 0.361 e. The SMILES string of the molecule is O=C(CCc1nc2ccccc2[nH]c1=O)Nc1ccc2cc[nH]c2c1. The number of aryl methyl sites for hydroxylation is 1. The van der Waals surface area contributed by atoms with E-state index in [1.807, 2.05) is 48.7 Å². The maximum atomic E-state index is 12.2. The summed E-state index contributed by atoms with van der Waals surface area (Å²) in [5.41, 5.74) is 3.22. The van der Waals surface area contributed by atoms with E-state index in [0.29, 0.717) is 11.2 Å². The van der Waals surface area contributed by atoms with Gasteiger partial charge in [-0.25, -0.2) is 4.98 Å². The van der Waals surface area contributed by atoms with E-state index in [-0.39, 0.29) is 24.3 Å². The minimum Gasteiger partial charge on any atom is -0.361 e. The van der Waals surface area contributed by atoms with Crippen LogP contribution in [0, 0.1) is 0 Å². The van der Waals surface area contributed by atoms with Crippen molar-refractivity contribution in [3.05, 3.63) is 70.8 Å². The van der Waals surface area contributed by atoms with E-state index in [9.17, 15) is 9.59 Å². The van der Waals surface area contributed by atoms with Gasteiger partial charge in [0.25, 0.3) is 5.56 Å². The van der Waals surface area contributed by atoms with Crippen LogP contribution < -0.4 is 10.9 Å². The molecule has 0 aliphatic rings. The second-order valence-electron chi connectivity index (χ2n) is 5.86. The first-order valence-electron chi connectivity index (χ1n) is 8.04. The second kappa shape index (κ2) is 6.24. The molecule has 2 aromatic heterocycles. The van der Waals surface area contributed by atoms with E-state index in [2.05, 4.69) is 20.3 Å². The zero-order valence-electron chi connectivity index (χ0n) is 13.4. The number of hydrogen-bond acceptors (Lipinski definition) is 3. The quantitative estimate of drug-likeness (QED) is 0.536. The molecule has 6 heteroatoms. The standard InChI is InChI=1S/C19H16N4O2/c24-18(21-13-6-5-12-9-10-20-17(12)11-13)8-7-16-19(25)23-15-4-2-1-3-14(15)22-16/h1-6,9-11,20H,7-8H2,(H,21,24)(H,23,25). The van der Waals surface area contributed by atoms with Crippen LogP contribution in [0.4, 0.5) is 5.69 Å². The molecule has 0 saturated heterocycles. The topological polar surface area (TPSA) is 90.6 Å². The molecule has 2 heterocycles. The number of H-pyrrole nitrogens is 2. The Hall–Kier alpha value is -3.41. The minimum absolute atomic E-state index is 0.153. The first-order valence-corrected chi connectivity index (χ1v) is 8.04. The van der Waals surface area contributed by atoms with Crippen LogP contribution in [0.3, 0.4) is 0 Å². The molecule has 0 aliphatic heterocycles. The van der Waals surface area contributed by atoms with Crippen molar-refractivity contribution in [1.82, 2.24) is 15.0 Å². The summed E-state index contributed by atoms with van der Waals surface area (Å²) in [5.74, 6) is -0.153. The first kappa shape index (κ1) is 15.1. The van der Waals surface area contributed by atoms with Gasteiger partial charge in [-0.1, -0.05) is 18.2 Å². The number of carbonyl (C=O) groups excluding carboxylic acids is 1. The van der Waals surface area contributed by atoms with E-state index < -0.39 is 0 Å². The highest BCUT2D eigenvalue weighted by Gasteiger charge is 2.09. The fourth-order valence-electron chi connectivity index (χ4n) is 2.82. The molecule has 25 heavy (non-hydrogen) atoms. The van der Waals surface area contributed by atoms with Gasteiger partial charge in [0, 0.05) is 30.2 Å². The zero-order chi connectivity index (χ0) is 17.2. The van der Waals surface area contributed by atoms with Gasteiger partial charge in [0.05, 0.1) is 11.0 Å². The van der Waals surface area contributed by atoms with Crippen molar-refractivity contribution in [2.75, 3.05) is 5.32 Å². The Bertz CT molecular complexity index is 1130.